The van der Waals surface area contributed by atoms with Crippen LogP contribution in [0, 0.1) is 0 Å². The van der Waals surface area contributed by atoms with Crippen LogP contribution in [0.3, 0.4) is 0 Å². The molecule has 9 heteroatoms. The number of alkyl carbamates (subject to hydrolysis) is 1. The smallest absolute Gasteiger partial charge is 0.411 e. The third kappa shape index (κ3) is 7.47. The first-order chi connectivity index (χ1) is 11.8. The van der Waals surface area contributed by atoms with Crippen molar-refractivity contribution in [1.29, 1.82) is 0 Å². The molecule has 9 nitrogen and oxygen atoms in total. The van der Waals surface area contributed by atoms with E-state index < -0.39 is 35.5 Å². The Labute approximate surface area is 154 Å². The summed E-state index contributed by atoms with van der Waals surface area (Å²) in [6, 6.07) is -1.18. The second kappa shape index (κ2) is 8.57. The van der Waals surface area contributed by atoms with Crippen LogP contribution in [0.5, 0.6) is 0 Å². The fourth-order valence-corrected chi connectivity index (χ4v) is 2.45. The zero-order valence-electron chi connectivity index (χ0n) is 16.7. The highest BCUT2D eigenvalue weighted by atomic mass is 16.6. The molecular formula is C17H31N3O6. The topological polar surface area (TPSA) is 106 Å². The first-order valence-electron chi connectivity index (χ1n) is 8.58. The number of methoxy groups -OCH3 is 1. The van der Waals surface area contributed by atoms with Crippen molar-refractivity contribution in [3.05, 3.63) is 0 Å². The predicted molar refractivity (Wildman–Crippen MR) is 94.5 cm³/mol. The van der Waals surface area contributed by atoms with Gasteiger partial charge in [0, 0.05) is 13.7 Å². The third-order valence-electron chi connectivity index (χ3n) is 3.34. The van der Waals surface area contributed by atoms with Gasteiger partial charge in [-0.15, -0.1) is 0 Å². The van der Waals surface area contributed by atoms with Crippen LogP contribution in [0.25, 0.3) is 0 Å². The van der Waals surface area contributed by atoms with Gasteiger partial charge in [-0.3, -0.25) is 9.69 Å². The van der Waals surface area contributed by atoms with E-state index in [1.54, 1.807) is 41.5 Å². The number of nitrogens with one attached hydrogen (secondary N) is 2. The second-order valence-electron chi connectivity index (χ2n) is 8.20. The van der Waals surface area contributed by atoms with Crippen LogP contribution >= 0.6 is 0 Å². The van der Waals surface area contributed by atoms with Gasteiger partial charge < -0.3 is 24.8 Å². The normalized spacial score (nSPS) is 20.5. The number of rotatable bonds is 4. The molecule has 26 heavy (non-hydrogen) atoms. The molecule has 1 saturated heterocycles. The van der Waals surface area contributed by atoms with Crippen LogP contribution in [0.1, 0.15) is 48.0 Å². The molecule has 2 N–H and O–H groups in total. The van der Waals surface area contributed by atoms with Crippen LogP contribution in [-0.2, 0) is 19.0 Å². The quantitative estimate of drug-likeness (QED) is 0.725. The first-order valence-corrected chi connectivity index (χ1v) is 8.58. The maximum atomic E-state index is 12.5. The summed E-state index contributed by atoms with van der Waals surface area (Å²) in [5, 5.41) is 5.28. The Kier molecular flexibility index (Phi) is 7.25. The fourth-order valence-electron chi connectivity index (χ4n) is 2.45. The molecule has 1 aliphatic rings. The molecule has 0 radical (unpaired) electrons. The number of carbonyl (C=O) groups is 3. The van der Waals surface area contributed by atoms with Crippen molar-refractivity contribution in [3.63, 3.8) is 0 Å². The highest BCUT2D eigenvalue weighted by molar-refractivity contribution is 5.86. The van der Waals surface area contributed by atoms with E-state index in [2.05, 4.69) is 10.6 Å². The third-order valence-corrected chi connectivity index (χ3v) is 3.34. The summed E-state index contributed by atoms with van der Waals surface area (Å²) in [6.45, 7) is 10.7. The van der Waals surface area contributed by atoms with Gasteiger partial charge in [-0.1, -0.05) is 0 Å². The Morgan fingerprint density at radius 1 is 1.04 bits per heavy atom. The van der Waals surface area contributed by atoms with E-state index >= 15 is 0 Å². The Morgan fingerprint density at radius 3 is 2.12 bits per heavy atom. The summed E-state index contributed by atoms with van der Waals surface area (Å²) in [6.07, 6.45) is -0.943. The van der Waals surface area contributed by atoms with Gasteiger partial charge in [0.25, 0.3) is 0 Å². The molecule has 0 aromatic carbocycles. The zero-order chi connectivity index (χ0) is 20.1. The van der Waals surface area contributed by atoms with E-state index in [0.29, 0.717) is 0 Å². The average molecular weight is 373 g/mol. The maximum absolute atomic E-state index is 12.5. The van der Waals surface area contributed by atoms with Gasteiger partial charge >= 0.3 is 12.2 Å². The molecule has 0 saturated carbocycles. The molecule has 0 bridgehead atoms. The minimum Gasteiger partial charge on any atom is -0.444 e. The van der Waals surface area contributed by atoms with Crippen molar-refractivity contribution in [3.8, 4) is 0 Å². The van der Waals surface area contributed by atoms with Crippen LogP contribution < -0.4 is 10.6 Å². The molecule has 0 spiro atoms. The van der Waals surface area contributed by atoms with Crippen molar-refractivity contribution >= 4 is 18.1 Å². The van der Waals surface area contributed by atoms with E-state index in [9.17, 15) is 14.4 Å². The lowest BCUT2D eigenvalue weighted by Gasteiger charge is -2.28. The lowest BCUT2D eigenvalue weighted by molar-refractivity contribution is -0.126. The average Bonchev–Trinajstić information content (AvgIpc) is 2.84. The SMILES string of the molecule is COCNC(=O)[C@@H]1C[C@@H](NC(=O)OC(C)(C)C)CN1C(=O)OC(C)(C)C. The van der Waals surface area contributed by atoms with E-state index in [1.165, 1.54) is 12.0 Å². The summed E-state index contributed by atoms with van der Waals surface area (Å²) in [4.78, 5) is 38.1. The molecule has 0 aromatic heterocycles. The summed E-state index contributed by atoms with van der Waals surface area (Å²) in [5.74, 6) is -0.369. The molecule has 1 aliphatic heterocycles. The van der Waals surface area contributed by atoms with Gasteiger partial charge in [0.1, 0.15) is 24.0 Å². The molecule has 2 atom stereocenters. The Hall–Kier alpha value is -2.03. The monoisotopic (exact) mass is 373 g/mol. The summed E-state index contributed by atoms with van der Waals surface area (Å²) in [5.41, 5.74) is -1.33. The van der Waals surface area contributed by atoms with Crippen molar-refractivity contribution in [1.82, 2.24) is 15.5 Å². The van der Waals surface area contributed by atoms with Crippen LogP contribution in [0.2, 0.25) is 0 Å². The van der Waals surface area contributed by atoms with Gasteiger partial charge in [0.2, 0.25) is 5.91 Å². The van der Waals surface area contributed by atoms with Gasteiger partial charge in [-0.25, -0.2) is 9.59 Å². The molecule has 150 valence electrons. The highest BCUT2D eigenvalue weighted by Crippen LogP contribution is 2.22. The van der Waals surface area contributed by atoms with E-state index in [4.69, 9.17) is 14.2 Å². The number of likely N-dealkylation sites (tertiary alicyclic amines) is 1. The van der Waals surface area contributed by atoms with Gasteiger partial charge in [-0.05, 0) is 48.0 Å². The number of ether oxygens (including phenoxy) is 3. The molecular weight excluding hydrogens is 342 g/mol. The van der Waals surface area contributed by atoms with Gasteiger partial charge in [-0.2, -0.15) is 0 Å². The van der Waals surface area contributed by atoms with Gasteiger partial charge in [0.15, 0.2) is 0 Å². The maximum Gasteiger partial charge on any atom is 0.411 e. The fraction of sp³-hybridized carbons (Fsp3) is 0.824. The number of amides is 3. The van der Waals surface area contributed by atoms with Crippen molar-refractivity contribution in [2.24, 2.45) is 0 Å². The van der Waals surface area contributed by atoms with Crippen LogP contribution in [-0.4, -0.2) is 66.7 Å². The molecule has 0 aromatic rings. The number of hydrogen-bond donors (Lipinski definition) is 2. The number of carbonyl (C=O) groups excluding carboxylic acids is 3. The first kappa shape index (κ1) is 22.0. The largest absolute Gasteiger partial charge is 0.444 e. The van der Waals surface area contributed by atoms with Crippen molar-refractivity contribution in [2.45, 2.75) is 71.2 Å². The Morgan fingerprint density at radius 2 is 1.62 bits per heavy atom. The summed E-state index contributed by atoms with van der Waals surface area (Å²) < 4.78 is 15.4. The number of nitrogens with zero attached hydrogens (tertiary/aromatic N) is 1. The molecule has 0 unspecified atom stereocenters. The van der Waals surface area contributed by atoms with Crippen LogP contribution in [0.15, 0.2) is 0 Å². The molecule has 1 fully saturated rings. The van der Waals surface area contributed by atoms with Crippen LogP contribution in [0.4, 0.5) is 9.59 Å². The van der Waals surface area contributed by atoms with E-state index in [0.717, 1.165) is 0 Å². The molecule has 1 heterocycles. The van der Waals surface area contributed by atoms with E-state index in [1.807, 2.05) is 0 Å². The summed E-state index contributed by atoms with van der Waals surface area (Å²) in [7, 11) is 1.45. The van der Waals surface area contributed by atoms with Gasteiger partial charge in [0.05, 0.1) is 6.04 Å². The molecule has 3 amide bonds. The second-order valence-corrected chi connectivity index (χ2v) is 8.20. The standard InChI is InChI=1S/C17H31N3O6/c1-16(2,3)25-14(22)19-11-8-12(13(21)18-10-24-7)20(9-11)15(23)26-17(4,5)6/h11-12H,8-10H2,1-7H3,(H,18,21)(H,19,22)/t11-,12+/m1/s1. The Balaban J connectivity index is 2.82. The summed E-state index contributed by atoms with van der Waals surface area (Å²) >= 11 is 0. The molecule has 1 rings (SSSR count). The molecule has 0 aliphatic carbocycles. The van der Waals surface area contributed by atoms with Crippen molar-refractivity contribution < 1.29 is 28.6 Å². The van der Waals surface area contributed by atoms with E-state index in [-0.39, 0.29) is 25.6 Å². The zero-order valence-corrected chi connectivity index (χ0v) is 16.7. The lowest BCUT2D eigenvalue weighted by Crippen LogP contribution is -2.48. The van der Waals surface area contributed by atoms with Crippen molar-refractivity contribution in [2.75, 3.05) is 20.4 Å². The lowest BCUT2D eigenvalue weighted by atomic mass is 10.1. The highest BCUT2D eigenvalue weighted by Gasteiger charge is 2.42. The predicted octanol–water partition coefficient (Wildman–Crippen LogP) is 1.61. The number of hydrogen-bond acceptors (Lipinski definition) is 6. The minimum absolute atomic E-state index is 0.0294. The Bertz CT molecular complexity index is 524. The minimum atomic E-state index is -0.764.